The molecule has 3 rings (SSSR count). The van der Waals surface area contributed by atoms with E-state index in [-0.39, 0.29) is 18.7 Å². The lowest BCUT2D eigenvalue weighted by atomic mass is 10.1. The fourth-order valence-electron chi connectivity index (χ4n) is 2.42. The van der Waals surface area contributed by atoms with Crippen LogP contribution in [0.3, 0.4) is 0 Å². The van der Waals surface area contributed by atoms with Crippen LogP contribution in [0.25, 0.3) is 0 Å². The third-order valence-electron chi connectivity index (χ3n) is 3.35. The van der Waals surface area contributed by atoms with E-state index >= 15 is 0 Å². The van der Waals surface area contributed by atoms with Gasteiger partial charge in [0.05, 0.1) is 11.1 Å². The molecule has 1 saturated heterocycles. The summed E-state index contributed by atoms with van der Waals surface area (Å²) < 4.78 is 0. The van der Waals surface area contributed by atoms with Gasteiger partial charge in [0, 0.05) is 6.42 Å². The third kappa shape index (κ3) is 1.64. The molecule has 4 amide bonds. The van der Waals surface area contributed by atoms with E-state index < -0.39 is 23.8 Å². The molecule has 19 heavy (non-hydrogen) atoms. The Morgan fingerprint density at radius 1 is 1.00 bits per heavy atom. The second kappa shape index (κ2) is 4.01. The summed E-state index contributed by atoms with van der Waals surface area (Å²) in [6, 6.07) is 5.55. The molecule has 2 aliphatic heterocycles. The number of imide groups is 2. The van der Waals surface area contributed by atoms with E-state index in [4.69, 9.17) is 0 Å². The molecule has 0 saturated carbocycles. The van der Waals surface area contributed by atoms with Gasteiger partial charge in [0.1, 0.15) is 6.04 Å². The van der Waals surface area contributed by atoms with Crippen LogP contribution in [0.2, 0.25) is 0 Å². The topological polar surface area (TPSA) is 83.6 Å². The number of carbonyl (C=O) groups is 4. The first-order valence-corrected chi connectivity index (χ1v) is 5.90. The number of carbonyl (C=O) groups excluding carboxylic acids is 4. The maximum atomic E-state index is 12.2. The number of rotatable bonds is 1. The van der Waals surface area contributed by atoms with Crippen LogP contribution in [0.1, 0.15) is 33.6 Å². The van der Waals surface area contributed by atoms with Gasteiger partial charge in [0.25, 0.3) is 11.8 Å². The number of fused-ring (bicyclic) bond motifs is 1. The first-order chi connectivity index (χ1) is 9.09. The van der Waals surface area contributed by atoms with Crippen LogP contribution >= 0.6 is 0 Å². The molecular formula is C13H10N2O4. The maximum absolute atomic E-state index is 12.2. The van der Waals surface area contributed by atoms with E-state index in [1.807, 2.05) is 0 Å². The summed E-state index contributed by atoms with van der Waals surface area (Å²) in [5.41, 5.74) is 0.606. The number of nitrogens with zero attached hydrogens (tertiary/aromatic N) is 1. The summed E-state index contributed by atoms with van der Waals surface area (Å²) in [4.78, 5) is 48.1. The largest absolute Gasteiger partial charge is 0.295 e. The summed E-state index contributed by atoms with van der Waals surface area (Å²) in [7, 11) is 0. The normalized spacial score (nSPS) is 22.5. The van der Waals surface area contributed by atoms with Crippen LogP contribution in [0.15, 0.2) is 24.3 Å². The Hall–Kier alpha value is -2.50. The van der Waals surface area contributed by atoms with Gasteiger partial charge in [-0.1, -0.05) is 12.1 Å². The molecule has 6 nitrogen and oxygen atoms in total. The number of amides is 4. The molecule has 0 bridgehead atoms. The van der Waals surface area contributed by atoms with Gasteiger partial charge in [0.15, 0.2) is 0 Å². The highest BCUT2D eigenvalue weighted by atomic mass is 16.2. The van der Waals surface area contributed by atoms with Crippen molar-refractivity contribution >= 4 is 23.6 Å². The predicted molar refractivity (Wildman–Crippen MR) is 63.1 cm³/mol. The van der Waals surface area contributed by atoms with Crippen molar-refractivity contribution in [3.8, 4) is 0 Å². The summed E-state index contributed by atoms with van der Waals surface area (Å²) in [5.74, 6) is -1.92. The molecule has 1 aromatic carbocycles. The Labute approximate surface area is 108 Å². The standard InChI is InChI=1S/C13H10N2O4/c16-10-6-5-9(11(17)14-10)15-12(18)7-3-1-2-4-8(7)13(15)19/h1-4,9H,5-6H2,(H,14,16,17)/i6+1,9+1,10+1. The summed E-state index contributed by atoms with van der Waals surface area (Å²) in [6.45, 7) is 0. The Morgan fingerprint density at radius 3 is 2.11 bits per heavy atom. The van der Waals surface area contributed by atoms with Crippen molar-refractivity contribution in [1.29, 1.82) is 0 Å². The fraction of sp³-hybridized carbons (Fsp3) is 0.231. The van der Waals surface area contributed by atoms with Gasteiger partial charge in [-0.05, 0) is 18.6 Å². The van der Waals surface area contributed by atoms with Crippen LogP contribution < -0.4 is 5.32 Å². The fourth-order valence-corrected chi connectivity index (χ4v) is 2.42. The lowest BCUT2D eigenvalue weighted by Crippen LogP contribution is -2.54. The number of benzene rings is 1. The molecule has 1 N–H and O–H groups in total. The van der Waals surface area contributed by atoms with Crippen molar-refractivity contribution in [2.75, 3.05) is 0 Å². The quantitative estimate of drug-likeness (QED) is 0.573. The lowest BCUT2D eigenvalue weighted by molar-refractivity contribution is -0.136. The van der Waals surface area contributed by atoms with Crippen molar-refractivity contribution in [3.63, 3.8) is 0 Å². The van der Waals surface area contributed by atoms with E-state index in [2.05, 4.69) is 5.32 Å². The van der Waals surface area contributed by atoms with Gasteiger partial charge in [-0.2, -0.15) is 0 Å². The second-order valence-corrected chi connectivity index (χ2v) is 4.49. The van der Waals surface area contributed by atoms with E-state index in [1.54, 1.807) is 24.3 Å². The molecule has 2 heterocycles. The summed E-state index contributed by atoms with van der Waals surface area (Å²) >= 11 is 0. The Kier molecular flexibility index (Phi) is 2.45. The molecule has 1 atom stereocenters. The van der Waals surface area contributed by atoms with Crippen LogP contribution in [0.5, 0.6) is 0 Å². The number of hydrogen-bond acceptors (Lipinski definition) is 4. The van der Waals surface area contributed by atoms with Crippen LogP contribution in [-0.4, -0.2) is 34.6 Å². The maximum Gasteiger partial charge on any atom is 0.262 e. The SMILES string of the molecule is O=C1N[13C](=O)[13CH2]C[13CH]1N1C(=O)c2ccccc2C1=O. The molecule has 0 aliphatic carbocycles. The van der Waals surface area contributed by atoms with Crippen molar-refractivity contribution in [1.82, 2.24) is 10.2 Å². The van der Waals surface area contributed by atoms with Crippen LogP contribution in [0.4, 0.5) is 0 Å². The Balaban J connectivity index is 1.96. The minimum atomic E-state index is -0.898. The number of hydrogen-bond donors (Lipinski definition) is 1. The number of piperidine rings is 1. The van der Waals surface area contributed by atoms with Crippen LogP contribution in [0, 0.1) is 0 Å². The Bertz CT molecular complexity index is 588. The first-order valence-electron chi connectivity index (χ1n) is 5.90. The smallest absolute Gasteiger partial charge is 0.262 e. The molecule has 1 aromatic rings. The Morgan fingerprint density at radius 2 is 1.58 bits per heavy atom. The van der Waals surface area contributed by atoms with Gasteiger partial charge in [-0.25, -0.2) is 0 Å². The van der Waals surface area contributed by atoms with Gasteiger partial charge in [0.2, 0.25) is 11.8 Å². The molecular weight excluding hydrogens is 251 g/mol. The minimum absolute atomic E-state index is 0.129. The third-order valence-corrected chi connectivity index (χ3v) is 3.35. The number of nitrogens with one attached hydrogen (secondary N) is 1. The molecule has 2 aliphatic rings. The predicted octanol–water partition coefficient (Wildman–Crippen LogP) is 0.0878. The minimum Gasteiger partial charge on any atom is -0.295 e. The van der Waals surface area contributed by atoms with Crippen molar-refractivity contribution < 1.29 is 19.2 Å². The first kappa shape index (κ1) is 11.6. The van der Waals surface area contributed by atoms with Crippen molar-refractivity contribution in [2.24, 2.45) is 0 Å². The van der Waals surface area contributed by atoms with E-state index in [1.165, 1.54) is 0 Å². The van der Waals surface area contributed by atoms with E-state index in [0.29, 0.717) is 11.1 Å². The van der Waals surface area contributed by atoms with Gasteiger partial charge in [-0.15, -0.1) is 0 Å². The lowest BCUT2D eigenvalue weighted by Gasteiger charge is -2.27. The second-order valence-electron chi connectivity index (χ2n) is 4.49. The zero-order chi connectivity index (χ0) is 13.6. The average Bonchev–Trinajstić information content (AvgIpc) is 2.64. The summed E-state index contributed by atoms with van der Waals surface area (Å²) in [6.07, 6.45) is 0.306. The van der Waals surface area contributed by atoms with Gasteiger partial charge >= 0.3 is 0 Å². The highest BCUT2D eigenvalue weighted by Gasteiger charge is 2.44. The molecule has 1 fully saturated rings. The molecule has 96 valence electrons. The zero-order valence-corrected chi connectivity index (χ0v) is 9.88. The zero-order valence-electron chi connectivity index (χ0n) is 9.88. The van der Waals surface area contributed by atoms with Crippen LogP contribution in [-0.2, 0) is 9.59 Å². The summed E-state index contributed by atoms with van der Waals surface area (Å²) in [5, 5.41) is 2.15. The molecule has 0 radical (unpaired) electrons. The molecule has 6 heteroatoms. The average molecular weight is 261 g/mol. The van der Waals surface area contributed by atoms with Gasteiger partial charge < -0.3 is 0 Å². The van der Waals surface area contributed by atoms with Crippen molar-refractivity contribution in [2.45, 2.75) is 18.9 Å². The molecule has 0 aromatic heterocycles. The molecule has 1 unspecified atom stereocenters. The highest BCUT2D eigenvalue weighted by molar-refractivity contribution is 6.23. The van der Waals surface area contributed by atoms with E-state index in [9.17, 15) is 19.2 Å². The van der Waals surface area contributed by atoms with Gasteiger partial charge in [-0.3, -0.25) is 29.4 Å². The van der Waals surface area contributed by atoms with E-state index in [0.717, 1.165) is 4.90 Å². The monoisotopic (exact) mass is 261 g/mol. The van der Waals surface area contributed by atoms with Crippen molar-refractivity contribution in [3.05, 3.63) is 35.4 Å². The highest BCUT2D eigenvalue weighted by Crippen LogP contribution is 2.26. The molecule has 0 spiro atoms.